The summed E-state index contributed by atoms with van der Waals surface area (Å²) in [6.07, 6.45) is 2.86. The SMILES string of the molecule is CCN(C)CCNC(=O)c1cccc(S(=O)(=O)N2CCCCC2)c1. The maximum atomic E-state index is 12.7. The van der Waals surface area contributed by atoms with Gasteiger partial charge in [0.15, 0.2) is 0 Å². The molecule has 1 aromatic carbocycles. The first-order valence-corrected chi connectivity index (χ1v) is 9.96. The molecule has 1 aromatic rings. The fraction of sp³-hybridized carbons (Fsp3) is 0.588. The first-order valence-electron chi connectivity index (χ1n) is 8.52. The van der Waals surface area contributed by atoms with E-state index >= 15 is 0 Å². The van der Waals surface area contributed by atoms with Crippen LogP contribution < -0.4 is 5.32 Å². The number of rotatable bonds is 7. The summed E-state index contributed by atoms with van der Waals surface area (Å²) in [5.41, 5.74) is 0.382. The zero-order chi connectivity index (χ0) is 17.6. The maximum Gasteiger partial charge on any atom is 0.251 e. The van der Waals surface area contributed by atoms with E-state index < -0.39 is 10.0 Å². The van der Waals surface area contributed by atoms with Crippen molar-refractivity contribution in [3.8, 4) is 0 Å². The number of nitrogens with zero attached hydrogens (tertiary/aromatic N) is 2. The molecule has 0 radical (unpaired) electrons. The van der Waals surface area contributed by atoms with Crippen molar-refractivity contribution in [1.82, 2.24) is 14.5 Å². The standard InChI is InChI=1S/C17H27N3O3S/c1-3-19(2)13-10-18-17(21)15-8-7-9-16(14-15)24(22,23)20-11-5-4-6-12-20/h7-9,14H,3-6,10-13H2,1-2H3,(H,18,21). The van der Waals surface area contributed by atoms with E-state index in [-0.39, 0.29) is 10.8 Å². The van der Waals surface area contributed by atoms with E-state index in [2.05, 4.69) is 17.1 Å². The summed E-state index contributed by atoms with van der Waals surface area (Å²) >= 11 is 0. The van der Waals surface area contributed by atoms with Crippen molar-refractivity contribution in [1.29, 1.82) is 0 Å². The number of piperidine rings is 1. The molecular weight excluding hydrogens is 326 g/mol. The number of sulfonamides is 1. The summed E-state index contributed by atoms with van der Waals surface area (Å²) < 4.78 is 26.9. The topological polar surface area (TPSA) is 69.7 Å². The van der Waals surface area contributed by atoms with Crippen LogP contribution in [0.5, 0.6) is 0 Å². The summed E-state index contributed by atoms with van der Waals surface area (Å²) in [5.74, 6) is -0.241. The predicted octanol–water partition coefficient (Wildman–Crippen LogP) is 1.54. The van der Waals surface area contributed by atoms with E-state index in [0.29, 0.717) is 25.2 Å². The molecule has 0 saturated carbocycles. The summed E-state index contributed by atoms with van der Waals surface area (Å²) in [7, 11) is -1.53. The minimum absolute atomic E-state index is 0.197. The number of hydrogen-bond acceptors (Lipinski definition) is 4. The molecule has 0 atom stereocenters. The van der Waals surface area contributed by atoms with E-state index in [1.165, 1.54) is 10.4 Å². The van der Waals surface area contributed by atoms with Crippen LogP contribution in [0, 0.1) is 0 Å². The molecular formula is C17H27N3O3S. The summed E-state index contributed by atoms with van der Waals surface area (Å²) in [5, 5.41) is 2.83. The Morgan fingerprint density at radius 3 is 2.62 bits per heavy atom. The molecule has 0 spiro atoms. The van der Waals surface area contributed by atoms with Crippen molar-refractivity contribution in [3.63, 3.8) is 0 Å². The maximum absolute atomic E-state index is 12.7. The van der Waals surface area contributed by atoms with E-state index in [9.17, 15) is 13.2 Å². The molecule has 134 valence electrons. The highest BCUT2D eigenvalue weighted by atomic mass is 32.2. The highest BCUT2D eigenvalue weighted by molar-refractivity contribution is 7.89. The van der Waals surface area contributed by atoms with Crippen molar-refractivity contribution in [3.05, 3.63) is 29.8 Å². The van der Waals surface area contributed by atoms with Gasteiger partial charge in [0.1, 0.15) is 0 Å². The highest BCUT2D eigenvalue weighted by Gasteiger charge is 2.26. The molecule has 0 unspecified atom stereocenters. The van der Waals surface area contributed by atoms with Crippen LogP contribution >= 0.6 is 0 Å². The van der Waals surface area contributed by atoms with Crippen LogP contribution in [-0.2, 0) is 10.0 Å². The van der Waals surface area contributed by atoms with Crippen molar-refractivity contribution in [2.75, 3.05) is 39.8 Å². The highest BCUT2D eigenvalue weighted by Crippen LogP contribution is 2.21. The molecule has 2 rings (SSSR count). The fourth-order valence-electron chi connectivity index (χ4n) is 2.67. The van der Waals surface area contributed by atoms with Gasteiger partial charge in [-0.3, -0.25) is 4.79 Å². The number of nitrogens with one attached hydrogen (secondary N) is 1. The van der Waals surface area contributed by atoms with Crippen LogP contribution in [-0.4, -0.2) is 63.3 Å². The van der Waals surface area contributed by atoms with E-state index in [4.69, 9.17) is 0 Å². The normalized spacial score (nSPS) is 16.3. The van der Waals surface area contributed by atoms with E-state index in [1.54, 1.807) is 18.2 Å². The van der Waals surface area contributed by atoms with Gasteiger partial charge < -0.3 is 10.2 Å². The Balaban J connectivity index is 2.06. The number of amides is 1. The third-order valence-electron chi connectivity index (χ3n) is 4.37. The number of likely N-dealkylation sites (N-methyl/N-ethyl adjacent to an activating group) is 1. The third-order valence-corrected chi connectivity index (χ3v) is 6.26. The van der Waals surface area contributed by atoms with Crippen molar-refractivity contribution >= 4 is 15.9 Å². The van der Waals surface area contributed by atoms with Gasteiger partial charge in [-0.05, 0) is 44.6 Å². The second-order valence-electron chi connectivity index (χ2n) is 6.14. The molecule has 7 heteroatoms. The van der Waals surface area contributed by atoms with Crippen LogP contribution in [0.4, 0.5) is 0 Å². The zero-order valence-corrected chi connectivity index (χ0v) is 15.3. The third kappa shape index (κ3) is 4.78. The second-order valence-corrected chi connectivity index (χ2v) is 8.08. The van der Waals surface area contributed by atoms with E-state index in [0.717, 1.165) is 32.4 Å². The molecule has 0 aromatic heterocycles. The molecule has 1 aliphatic heterocycles. The van der Waals surface area contributed by atoms with Crippen LogP contribution in [0.15, 0.2) is 29.2 Å². The molecule has 1 N–H and O–H groups in total. The lowest BCUT2D eigenvalue weighted by Crippen LogP contribution is -2.36. The lowest BCUT2D eigenvalue weighted by Gasteiger charge is -2.26. The Hall–Kier alpha value is -1.44. The van der Waals surface area contributed by atoms with Gasteiger partial charge in [0.25, 0.3) is 5.91 Å². The lowest BCUT2D eigenvalue weighted by molar-refractivity contribution is 0.0950. The van der Waals surface area contributed by atoms with Crippen molar-refractivity contribution in [2.24, 2.45) is 0 Å². The van der Waals surface area contributed by atoms with Crippen molar-refractivity contribution < 1.29 is 13.2 Å². The van der Waals surface area contributed by atoms with Gasteiger partial charge in [-0.1, -0.05) is 19.4 Å². The first kappa shape index (κ1) is 18.9. The molecule has 1 heterocycles. The molecule has 6 nitrogen and oxygen atoms in total. The molecule has 1 fully saturated rings. The van der Waals surface area contributed by atoms with Gasteiger partial charge >= 0.3 is 0 Å². The first-order chi connectivity index (χ1) is 11.4. The Bertz CT molecular complexity index is 655. The smallest absolute Gasteiger partial charge is 0.251 e. The van der Waals surface area contributed by atoms with E-state index in [1.807, 2.05) is 7.05 Å². The zero-order valence-electron chi connectivity index (χ0n) is 14.5. The van der Waals surface area contributed by atoms with Crippen LogP contribution in [0.25, 0.3) is 0 Å². The Morgan fingerprint density at radius 1 is 1.25 bits per heavy atom. The number of benzene rings is 1. The lowest BCUT2D eigenvalue weighted by atomic mass is 10.2. The van der Waals surface area contributed by atoms with Crippen LogP contribution in [0.2, 0.25) is 0 Å². The number of carbonyl (C=O) groups is 1. The molecule has 1 saturated heterocycles. The second kappa shape index (κ2) is 8.60. The average Bonchev–Trinajstić information content (AvgIpc) is 2.62. The van der Waals surface area contributed by atoms with Crippen molar-refractivity contribution in [2.45, 2.75) is 31.1 Å². The Morgan fingerprint density at radius 2 is 1.96 bits per heavy atom. The Labute approximate surface area is 144 Å². The minimum Gasteiger partial charge on any atom is -0.351 e. The molecule has 0 bridgehead atoms. The quantitative estimate of drug-likeness (QED) is 0.807. The fourth-order valence-corrected chi connectivity index (χ4v) is 4.24. The average molecular weight is 353 g/mol. The van der Waals surface area contributed by atoms with Gasteiger partial charge in [0, 0.05) is 31.7 Å². The van der Waals surface area contributed by atoms with Crippen LogP contribution in [0.1, 0.15) is 36.5 Å². The van der Waals surface area contributed by atoms with Gasteiger partial charge in [-0.25, -0.2) is 8.42 Å². The van der Waals surface area contributed by atoms with Gasteiger partial charge in [-0.15, -0.1) is 0 Å². The number of hydrogen-bond donors (Lipinski definition) is 1. The molecule has 1 aliphatic rings. The number of carbonyl (C=O) groups excluding carboxylic acids is 1. The van der Waals surface area contributed by atoms with Crippen LogP contribution in [0.3, 0.4) is 0 Å². The summed E-state index contributed by atoms with van der Waals surface area (Å²) in [6, 6.07) is 6.31. The minimum atomic E-state index is -3.51. The molecule has 24 heavy (non-hydrogen) atoms. The monoisotopic (exact) mass is 353 g/mol. The molecule has 0 aliphatic carbocycles. The Kier molecular flexibility index (Phi) is 6.77. The van der Waals surface area contributed by atoms with Gasteiger partial charge in [0.05, 0.1) is 4.90 Å². The van der Waals surface area contributed by atoms with Gasteiger partial charge in [-0.2, -0.15) is 4.31 Å². The van der Waals surface area contributed by atoms with Gasteiger partial charge in [0.2, 0.25) is 10.0 Å². The summed E-state index contributed by atoms with van der Waals surface area (Å²) in [4.78, 5) is 14.5. The summed E-state index contributed by atoms with van der Waals surface area (Å²) in [6.45, 7) is 5.38. The predicted molar refractivity (Wildman–Crippen MR) is 94.6 cm³/mol. The molecule has 1 amide bonds. The largest absolute Gasteiger partial charge is 0.351 e.